The number of amides is 1. The predicted molar refractivity (Wildman–Crippen MR) is 89.9 cm³/mol. The molecule has 23 heavy (non-hydrogen) atoms. The van der Waals surface area contributed by atoms with Crippen molar-refractivity contribution >= 4 is 23.4 Å². The number of para-hydroxylation sites is 2. The summed E-state index contributed by atoms with van der Waals surface area (Å²) in [5, 5.41) is 12.1. The zero-order chi connectivity index (χ0) is 16.2. The summed E-state index contributed by atoms with van der Waals surface area (Å²) in [6.45, 7) is 2.48. The molecule has 0 saturated heterocycles. The Hall–Kier alpha value is -2.02. The molecule has 7 heteroatoms. The standard InChI is InChI=1S/C16H20N4O2S/c1-3-22-13-7-5-4-6-12(13)17-14(21)10-23-16-19-18-15(20(16)2)11-8-9-11/h4-7,11H,3,8-10H2,1-2H3,(H,17,21). The van der Waals surface area contributed by atoms with Gasteiger partial charge in [-0.1, -0.05) is 23.9 Å². The minimum absolute atomic E-state index is 0.0851. The maximum absolute atomic E-state index is 12.2. The number of hydrogen-bond donors (Lipinski definition) is 1. The lowest BCUT2D eigenvalue weighted by Gasteiger charge is -2.11. The summed E-state index contributed by atoms with van der Waals surface area (Å²) >= 11 is 1.40. The SMILES string of the molecule is CCOc1ccccc1NC(=O)CSc1nnc(C2CC2)n1C. The van der Waals surface area contributed by atoms with Gasteiger partial charge in [0, 0.05) is 13.0 Å². The number of benzene rings is 1. The zero-order valence-electron chi connectivity index (χ0n) is 13.3. The molecule has 1 fully saturated rings. The largest absolute Gasteiger partial charge is 0.492 e. The quantitative estimate of drug-likeness (QED) is 0.790. The Morgan fingerprint density at radius 2 is 2.17 bits per heavy atom. The Kier molecular flexibility index (Phi) is 4.85. The third-order valence-electron chi connectivity index (χ3n) is 3.60. The van der Waals surface area contributed by atoms with Crippen LogP contribution in [0.3, 0.4) is 0 Å². The van der Waals surface area contributed by atoms with E-state index in [1.165, 1.54) is 24.6 Å². The number of carbonyl (C=O) groups excluding carboxylic acids is 1. The Morgan fingerprint density at radius 3 is 2.91 bits per heavy atom. The van der Waals surface area contributed by atoms with Crippen molar-refractivity contribution in [2.45, 2.75) is 30.8 Å². The van der Waals surface area contributed by atoms with Crippen LogP contribution in [0, 0.1) is 0 Å². The molecule has 3 rings (SSSR count). The molecule has 6 nitrogen and oxygen atoms in total. The van der Waals surface area contributed by atoms with Crippen LogP contribution >= 0.6 is 11.8 Å². The first-order chi connectivity index (χ1) is 11.2. The van der Waals surface area contributed by atoms with Crippen LogP contribution in [0.5, 0.6) is 5.75 Å². The van der Waals surface area contributed by atoms with Crippen molar-refractivity contribution in [2.75, 3.05) is 17.7 Å². The number of nitrogens with zero attached hydrogens (tertiary/aromatic N) is 3. The molecule has 1 N–H and O–H groups in total. The van der Waals surface area contributed by atoms with Crippen LogP contribution in [-0.4, -0.2) is 33.0 Å². The summed E-state index contributed by atoms with van der Waals surface area (Å²) in [5.74, 6) is 2.46. The molecule has 0 spiro atoms. The van der Waals surface area contributed by atoms with Gasteiger partial charge in [-0.05, 0) is 31.9 Å². The van der Waals surface area contributed by atoms with Crippen LogP contribution in [-0.2, 0) is 11.8 Å². The zero-order valence-corrected chi connectivity index (χ0v) is 14.1. The van der Waals surface area contributed by atoms with Gasteiger partial charge in [0.25, 0.3) is 0 Å². The fourth-order valence-electron chi connectivity index (χ4n) is 2.32. The molecule has 1 heterocycles. The molecule has 122 valence electrons. The summed E-state index contributed by atoms with van der Waals surface area (Å²) in [4.78, 5) is 12.2. The molecule has 0 bridgehead atoms. The molecule has 0 aliphatic heterocycles. The van der Waals surface area contributed by atoms with Gasteiger partial charge in [-0.15, -0.1) is 10.2 Å². The van der Waals surface area contributed by atoms with Crippen LogP contribution < -0.4 is 10.1 Å². The summed E-state index contributed by atoms with van der Waals surface area (Å²) in [6, 6.07) is 7.43. The van der Waals surface area contributed by atoms with Gasteiger partial charge >= 0.3 is 0 Å². The topological polar surface area (TPSA) is 69.0 Å². The number of anilines is 1. The first-order valence-electron chi connectivity index (χ1n) is 7.72. The lowest BCUT2D eigenvalue weighted by molar-refractivity contribution is -0.113. The molecule has 0 unspecified atom stereocenters. The second kappa shape index (κ2) is 7.04. The molecule has 1 saturated carbocycles. The average molecular weight is 332 g/mol. The van der Waals surface area contributed by atoms with Crippen molar-refractivity contribution in [3.63, 3.8) is 0 Å². The molecular formula is C16H20N4O2S. The van der Waals surface area contributed by atoms with Crippen LogP contribution in [0.4, 0.5) is 5.69 Å². The first-order valence-corrected chi connectivity index (χ1v) is 8.71. The van der Waals surface area contributed by atoms with Gasteiger partial charge in [-0.2, -0.15) is 0 Å². The molecule has 1 aliphatic rings. The average Bonchev–Trinajstić information content (AvgIpc) is 3.31. The minimum atomic E-state index is -0.0851. The van der Waals surface area contributed by atoms with E-state index >= 15 is 0 Å². The van der Waals surface area contributed by atoms with Crippen LogP contribution in [0.1, 0.15) is 31.5 Å². The maximum atomic E-state index is 12.2. The fraction of sp³-hybridized carbons (Fsp3) is 0.438. The van der Waals surface area contributed by atoms with Crippen molar-refractivity contribution in [2.24, 2.45) is 7.05 Å². The predicted octanol–water partition coefficient (Wildman–Crippen LogP) is 2.82. The Morgan fingerprint density at radius 1 is 1.39 bits per heavy atom. The molecular weight excluding hydrogens is 312 g/mol. The minimum Gasteiger partial charge on any atom is -0.492 e. The summed E-state index contributed by atoms with van der Waals surface area (Å²) < 4.78 is 7.50. The van der Waals surface area contributed by atoms with E-state index in [0.29, 0.717) is 24.0 Å². The van der Waals surface area contributed by atoms with Crippen LogP contribution in [0.25, 0.3) is 0 Å². The number of carbonyl (C=O) groups is 1. The van der Waals surface area contributed by atoms with E-state index in [-0.39, 0.29) is 11.7 Å². The van der Waals surface area contributed by atoms with E-state index in [4.69, 9.17) is 4.74 Å². The second-order valence-electron chi connectivity index (χ2n) is 5.44. The summed E-state index contributed by atoms with van der Waals surface area (Å²) in [5.41, 5.74) is 0.691. The van der Waals surface area contributed by atoms with E-state index in [1.807, 2.05) is 42.8 Å². The molecule has 0 atom stereocenters. The molecule has 1 amide bonds. The van der Waals surface area contributed by atoms with Gasteiger partial charge in [-0.25, -0.2) is 0 Å². The van der Waals surface area contributed by atoms with Crippen molar-refractivity contribution in [3.05, 3.63) is 30.1 Å². The van der Waals surface area contributed by atoms with Crippen molar-refractivity contribution in [1.29, 1.82) is 0 Å². The number of nitrogens with one attached hydrogen (secondary N) is 1. The number of thioether (sulfide) groups is 1. The van der Waals surface area contributed by atoms with Gasteiger partial charge in [0.1, 0.15) is 11.6 Å². The van der Waals surface area contributed by atoms with Gasteiger partial charge < -0.3 is 14.6 Å². The smallest absolute Gasteiger partial charge is 0.234 e. The Bertz CT molecular complexity index is 697. The highest BCUT2D eigenvalue weighted by Gasteiger charge is 2.29. The van der Waals surface area contributed by atoms with E-state index in [0.717, 1.165) is 11.0 Å². The van der Waals surface area contributed by atoms with Crippen molar-refractivity contribution in [1.82, 2.24) is 14.8 Å². The van der Waals surface area contributed by atoms with Gasteiger partial charge in [0.2, 0.25) is 5.91 Å². The molecule has 1 aromatic carbocycles. The lowest BCUT2D eigenvalue weighted by atomic mass is 10.3. The number of hydrogen-bond acceptors (Lipinski definition) is 5. The monoisotopic (exact) mass is 332 g/mol. The molecule has 1 aromatic heterocycles. The highest BCUT2D eigenvalue weighted by atomic mass is 32.2. The van der Waals surface area contributed by atoms with Gasteiger partial charge in [-0.3, -0.25) is 4.79 Å². The van der Waals surface area contributed by atoms with E-state index in [1.54, 1.807) is 0 Å². The highest BCUT2D eigenvalue weighted by Crippen LogP contribution is 2.39. The number of aromatic nitrogens is 3. The second-order valence-corrected chi connectivity index (χ2v) is 6.38. The van der Waals surface area contributed by atoms with Crippen molar-refractivity contribution in [3.8, 4) is 5.75 Å². The summed E-state index contributed by atoms with van der Waals surface area (Å²) in [7, 11) is 1.96. The lowest BCUT2D eigenvalue weighted by Crippen LogP contribution is -2.15. The number of rotatable bonds is 7. The normalized spacial score (nSPS) is 13.8. The van der Waals surface area contributed by atoms with Crippen molar-refractivity contribution < 1.29 is 9.53 Å². The van der Waals surface area contributed by atoms with Gasteiger partial charge in [0.15, 0.2) is 5.16 Å². The highest BCUT2D eigenvalue weighted by molar-refractivity contribution is 7.99. The first kappa shape index (κ1) is 15.9. The fourth-order valence-corrected chi connectivity index (χ4v) is 3.03. The van der Waals surface area contributed by atoms with Crippen LogP contribution in [0.15, 0.2) is 29.4 Å². The van der Waals surface area contributed by atoms with Gasteiger partial charge in [0.05, 0.1) is 18.0 Å². The van der Waals surface area contributed by atoms with Crippen LogP contribution in [0.2, 0.25) is 0 Å². The van der Waals surface area contributed by atoms with E-state index in [2.05, 4.69) is 15.5 Å². The van der Waals surface area contributed by atoms with E-state index < -0.39 is 0 Å². The maximum Gasteiger partial charge on any atom is 0.234 e. The Balaban J connectivity index is 1.57. The Labute approximate surface area is 139 Å². The molecule has 0 radical (unpaired) electrons. The third-order valence-corrected chi connectivity index (χ3v) is 4.62. The summed E-state index contributed by atoms with van der Waals surface area (Å²) in [6.07, 6.45) is 2.37. The molecule has 1 aliphatic carbocycles. The molecule has 2 aromatic rings. The van der Waals surface area contributed by atoms with E-state index in [9.17, 15) is 4.79 Å². The third kappa shape index (κ3) is 3.85. The number of ether oxygens (including phenoxy) is 1.